The Morgan fingerprint density at radius 2 is 2.05 bits per heavy atom. The normalized spacial score (nSPS) is 10.5. The van der Waals surface area contributed by atoms with Crippen molar-refractivity contribution in [3.8, 4) is 11.3 Å². The van der Waals surface area contributed by atoms with E-state index in [0.717, 1.165) is 17.1 Å². The molecule has 0 unspecified atom stereocenters. The lowest BCUT2D eigenvalue weighted by atomic mass is 10.1. The molecule has 0 radical (unpaired) electrons. The first-order chi connectivity index (χ1) is 9.24. The van der Waals surface area contributed by atoms with Crippen LogP contribution in [0.1, 0.15) is 12.7 Å². The Balaban J connectivity index is 2.42. The van der Waals surface area contributed by atoms with E-state index in [4.69, 9.17) is 16.3 Å². The van der Waals surface area contributed by atoms with Gasteiger partial charge >= 0.3 is 0 Å². The van der Waals surface area contributed by atoms with Crippen molar-refractivity contribution >= 4 is 17.4 Å². The fourth-order valence-electron chi connectivity index (χ4n) is 1.69. The molecule has 0 saturated heterocycles. The average Bonchev–Trinajstić information content (AvgIpc) is 2.45. The summed E-state index contributed by atoms with van der Waals surface area (Å²) in [5.41, 5.74) is 1.68. The molecular weight excluding hydrogens is 262 g/mol. The van der Waals surface area contributed by atoms with E-state index in [1.807, 2.05) is 44.3 Å². The maximum Gasteiger partial charge on any atom is 0.157 e. The van der Waals surface area contributed by atoms with Crippen molar-refractivity contribution in [2.24, 2.45) is 0 Å². The van der Waals surface area contributed by atoms with Crippen LogP contribution < -0.4 is 5.32 Å². The predicted octanol–water partition coefficient (Wildman–Crippen LogP) is 3.38. The standard InChI is InChI=1S/C14H16ClN3O/c1-3-19-9-14-17-12(8-13(16-2)18-14)10-6-4-5-7-11(10)15/h4-8H,3,9H2,1-2H3,(H,16,17,18). The van der Waals surface area contributed by atoms with Crippen LogP contribution in [0.3, 0.4) is 0 Å². The molecule has 2 rings (SSSR count). The van der Waals surface area contributed by atoms with E-state index < -0.39 is 0 Å². The van der Waals surface area contributed by atoms with Crippen molar-refractivity contribution in [3.63, 3.8) is 0 Å². The van der Waals surface area contributed by atoms with Gasteiger partial charge in [0, 0.05) is 30.3 Å². The number of hydrogen-bond donors (Lipinski definition) is 1. The molecule has 0 bridgehead atoms. The molecule has 0 atom stereocenters. The zero-order chi connectivity index (χ0) is 13.7. The van der Waals surface area contributed by atoms with Gasteiger partial charge in [-0.3, -0.25) is 0 Å². The van der Waals surface area contributed by atoms with Crippen LogP contribution in [0.5, 0.6) is 0 Å². The SMILES string of the molecule is CCOCc1nc(NC)cc(-c2ccccc2Cl)n1. The van der Waals surface area contributed by atoms with Gasteiger partial charge in [-0.1, -0.05) is 29.8 Å². The smallest absolute Gasteiger partial charge is 0.157 e. The van der Waals surface area contributed by atoms with Crippen LogP contribution >= 0.6 is 11.6 Å². The second-order valence-electron chi connectivity index (χ2n) is 3.92. The van der Waals surface area contributed by atoms with Gasteiger partial charge in [-0.2, -0.15) is 0 Å². The Labute approximate surface area is 117 Å². The third kappa shape index (κ3) is 3.43. The van der Waals surface area contributed by atoms with Crippen LogP contribution in [0, 0.1) is 0 Å². The van der Waals surface area contributed by atoms with Crippen molar-refractivity contribution < 1.29 is 4.74 Å². The van der Waals surface area contributed by atoms with E-state index in [1.54, 1.807) is 0 Å². The first-order valence-electron chi connectivity index (χ1n) is 6.13. The molecule has 0 saturated carbocycles. The predicted molar refractivity (Wildman–Crippen MR) is 77.4 cm³/mol. The minimum atomic E-state index is 0.392. The zero-order valence-electron chi connectivity index (χ0n) is 11.0. The average molecular weight is 278 g/mol. The molecule has 19 heavy (non-hydrogen) atoms. The van der Waals surface area contributed by atoms with Crippen molar-refractivity contribution in [2.75, 3.05) is 19.0 Å². The second kappa shape index (κ2) is 6.50. The highest BCUT2D eigenvalue weighted by molar-refractivity contribution is 6.33. The number of halogens is 1. The summed E-state index contributed by atoms with van der Waals surface area (Å²) < 4.78 is 5.35. The van der Waals surface area contributed by atoms with Gasteiger partial charge < -0.3 is 10.1 Å². The summed E-state index contributed by atoms with van der Waals surface area (Å²) in [7, 11) is 1.82. The summed E-state index contributed by atoms with van der Waals surface area (Å²) in [6, 6.07) is 9.49. The molecule has 1 aromatic heterocycles. The summed E-state index contributed by atoms with van der Waals surface area (Å²) in [6.45, 7) is 2.97. The van der Waals surface area contributed by atoms with E-state index in [0.29, 0.717) is 24.1 Å². The lowest BCUT2D eigenvalue weighted by Gasteiger charge is -2.09. The van der Waals surface area contributed by atoms with Gasteiger partial charge in [0.15, 0.2) is 5.82 Å². The highest BCUT2D eigenvalue weighted by Crippen LogP contribution is 2.27. The molecule has 0 aliphatic rings. The first kappa shape index (κ1) is 13.8. The Hall–Kier alpha value is -1.65. The number of rotatable bonds is 5. The number of hydrogen-bond acceptors (Lipinski definition) is 4. The van der Waals surface area contributed by atoms with Gasteiger partial charge in [0.1, 0.15) is 12.4 Å². The molecular formula is C14H16ClN3O. The van der Waals surface area contributed by atoms with Crippen LogP contribution in [0.15, 0.2) is 30.3 Å². The maximum atomic E-state index is 6.20. The molecule has 5 heteroatoms. The topological polar surface area (TPSA) is 47.0 Å². The van der Waals surface area contributed by atoms with Crippen molar-refractivity contribution in [1.29, 1.82) is 0 Å². The molecule has 4 nitrogen and oxygen atoms in total. The molecule has 0 amide bonds. The monoisotopic (exact) mass is 277 g/mol. The third-order valence-electron chi connectivity index (χ3n) is 2.61. The number of ether oxygens (including phenoxy) is 1. The van der Waals surface area contributed by atoms with E-state index in [2.05, 4.69) is 15.3 Å². The minimum Gasteiger partial charge on any atom is -0.374 e. The molecule has 1 N–H and O–H groups in total. The summed E-state index contributed by atoms with van der Waals surface area (Å²) in [5.74, 6) is 1.39. The zero-order valence-corrected chi connectivity index (χ0v) is 11.7. The van der Waals surface area contributed by atoms with Gasteiger partial charge in [0.25, 0.3) is 0 Å². The van der Waals surface area contributed by atoms with E-state index in [-0.39, 0.29) is 0 Å². The highest BCUT2D eigenvalue weighted by Gasteiger charge is 2.08. The molecule has 100 valence electrons. The van der Waals surface area contributed by atoms with Crippen LogP contribution in [0.25, 0.3) is 11.3 Å². The lowest BCUT2D eigenvalue weighted by Crippen LogP contribution is -2.04. The van der Waals surface area contributed by atoms with E-state index >= 15 is 0 Å². The summed E-state index contributed by atoms with van der Waals surface area (Å²) in [4.78, 5) is 8.84. The maximum absolute atomic E-state index is 6.20. The Kier molecular flexibility index (Phi) is 4.71. The van der Waals surface area contributed by atoms with Crippen LogP contribution in [0.4, 0.5) is 5.82 Å². The molecule has 0 spiro atoms. The van der Waals surface area contributed by atoms with Crippen LogP contribution in [0.2, 0.25) is 5.02 Å². The number of benzene rings is 1. The fourth-order valence-corrected chi connectivity index (χ4v) is 1.92. The summed E-state index contributed by atoms with van der Waals surface area (Å²) in [5, 5.41) is 3.70. The highest BCUT2D eigenvalue weighted by atomic mass is 35.5. The molecule has 2 aromatic rings. The van der Waals surface area contributed by atoms with Crippen molar-refractivity contribution in [2.45, 2.75) is 13.5 Å². The van der Waals surface area contributed by atoms with E-state index in [1.165, 1.54) is 0 Å². The minimum absolute atomic E-state index is 0.392. The molecule has 0 fully saturated rings. The number of anilines is 1. The van der Waals surface area contributed by atoms with Gasteiger partial charge in [0.2, 0.25) is 0 Å². The quantitative estimate of drug-likeness (QED) is 0.910. The lowest BCUT2D eigenvalue weighted by molar-refractivity contribution is 0.128. The van der Waals surface area contributed by atoms with Gasteiger partial charge in [-0.05, 0) is 13.0 Å². The van der Waals surface area contributed by atoms with Crippen molar-refractivity contribution in [1.82, 2.24) is 9.97 Å². The van der Waals surface area contributed by atoms with Gasteiger partial charge in [-0.25, -0.2) is 9.97 Å². The largest absolute Gasteiger partial charge is 0.374 e. The molecule has 1 heterocycles. The Morgan fingerprint density at radius 3 is 2.74 bits per heavy atom. The third-order valence-corrected chi connectivity index (χ3v) is 2.94. The van der Waals surface area contributed by atoms with E-state index in [9.17, 15) is 0 Å². The number of aromatic nitrogens is 2. The number of nitrogens with one attached hydrogen (secondary N) is 1. The molecule has 0 aliphatic heterocycles. The summed E-state index contributed by atoms with van der Waals surface area (Å²) in [6.07, 6.45) is 0. The van der Waals surface area contributed by atoms with Crippen LogP contribution in [-0.2, 0) is 11.3 Å². The fraction of sp³-hybridized carbons (Fsp3) is 0.286. The van der Waals surface area contributed by atoms with Gasteiger partial charge in [0.05, 0.1) is 5.69 Å². The Morgan fingerprint density at radius 1 is 1.26 bits per heavy atom. The van der Waals surface area contributed by atoms with Crippen LogP contribution in [-0.4, -0.2) is 23.6 Å². The Bertz CT molecular complexity index is 560. The number of nitrogens with zero attached hydrogens (tertiary/aromatic N) is 2. The molecule has 1 aromatic carbocycles. The summed E-state index contributed by atoms with van der Waals surface area (Å²) >= 11 is 6.20. The van der Waals surface area contributed by atoms with Crippen molar-refractivity contribution in [3.05, 3.63) is 41.2 Å². The second-order valence-corrected chi connectivity index (χ2v) is 4.33. The van der Waals surface area contributed by atoms with Gasteiger partial charge in [-0.15, -0.1) is 0 Å². The first-order valence-corrected chi connectivity index (χ1v) is 6.50. The molecule has 0 aliphatic carbocycles.